The van der Waals surface area contributed by atoms with E-state index in [4.69, 9.17) is 5.11 Å². The molecule has 1 heterocycles. The number of carboxylic acids is 1. The van der Waals surface area contributed by atoms with Crippen LogP contribution in [-0.4, -0.2) is 21.3 Å². The molecule has 88 valence electrons. The van der Waals surface area contributed by atoms with Crippen LogP contribution in [0.15, 0.2) is 18.2 Å². The van der Waals surface area contributed by atoms with E-state index in [9.17, 15) is 9.18 Å². The van der Waals surface area contributed by atoms with E-state index in [-0.39, 0.29) is 11.5 Å². The maximum atomic E-state index is 13.2. The van der Waals surface area contributed by atoms with Crippen LogP contribution in [0.25, 0.3) is 11.1 Å². The second kappa shape index (κ2) is 4.01. The third kappa shape index (κ3) is 1.91. The molecule has 0 fully saturated rings. The Morgan fingerprint density at radius 2 is 2.12 bits per heavy atom. The van der Waals surface area contributed by atoms with Crippen LogP contribution >= 0.6 is 0 Å². The van der Waals surface area contributed by atoms with Crippen LogP contribution in [0.3, 0.4) is 0 Å². The number of hydrogen-bond acceptors (Lipinski definition) is 2. The standard InChI is InChI=1S/C12H11FN2O2/c1-6-5-8(3-4-9(6)13)10-7(2)14-15-11(10)12(16)17/h3-5H,1-2H3,(H,14,15)(H,16,17). The molecule has 0 amide bonds. The Labute approximate surface area is 97.1 Å². The van der Waals surface area contributed by atoms with Gasteiger partial charge in [0.2, 0.25) is 0 Å². The molecule has 2 N–H and O–H groups in total. The van der Waals surface area contributed by atoms with E-state index in [1.165, 1.54) is 6.07 Å². The second-order valence-electron chi connectivity index (χ2n) is 3.84. The Morgan fingerprint density at radius 1 is 1.41 bits per heavy atom. The molecule has 4 nitrogen and oxygen atoms in total. The molecule has 1 aromatic carbocycles. The third-order valence-electron chi connectivity index (χ3n) is 2.60. The normalized spacial score (nSPS) is 10.5. The maximum absolute atomic E-state index is 13.2. The van der Waals surface area contributed by atoms with Crippen molar-refractivity contribution in [3.05, 3.63) is 41.0 Å². The number of aryl methyl sites for hydroxylation is 2. The predicted octanol–water partition coefficient (Wildman–Crippen LogP) is 2.53. The Balaban J connectivity index is 2.63. The van der Waals surface area contributed by atoms with Gasteiger partial charge in [0.15, 0.2) is 5.69 Å². The highest BCUT2D eigenvalue weighted by atomic mass is 19.1. The quantitative estimate of drug-likeness (QED) is 0.839. The Kier molecular flexibility index (Phi) is 2.67. The molecule has 2 aromatic rings. The summed E-state index contributed by atoms with van der Waals surface area (Å²) in [5, 5.41) is 15.4. The molecule has 0 aliphatic rings. The monoisotopic (exact) mass is 234 g/mol. The topological polar surface area (TPSA) is 66.0 Å². The van der Waals surface area contributed by atoms with Crippen molar-refractivity contribution >= 4 is 5.97 Å². The summed E-state index contributed by atoms with van der Waals surface area (Å²) in [6.45, 7) is 3.36. The summed E-state index contributed by atoms with van der Waals surface area (Å²) in [6.07, 6.45) is 0. The molecule has 0 bridgehead atoms. The minimum Gasteiger partial charge on any atom is -0.476 e. The molecule has 0 saturated heterocycles. The number of H-pyrrole nitrogens is 1. The summed E-state index contributed by atoms with van der Waals surface area (Å²) < 4.78 is 13.2. The third-order valence-corrected chi connectivity index (χ3v) is 2.60. The van der Waals surface area contributed by atoms with E-state index in [1.54, 1.807) is 26.0 Å². The van der Waals surface area contributed by atoms with E-state index in [0.717, 1.165) is 0 Å². The van der Waals surface area contributed by atoms with Gasteiger partial charge in [-0.15, -0.1) is 0 Å². The largest absolute Gasteiger partial charge is 0.476 e. The average Bonchev–Trinajstić information content (AvgIpc) is 2.64. The lowest BCUT2D eigenvalue weighted by Crippen LogP contribution is -1.99. The average molecular weight is 234 g/mol. The zero-order valence-electron chi connectivity index (χ0n) is 9.41. The summed E-state index contributed by atoms with van der Waals surface area (Å²) in [5.41, 5.74) is 2.22. The first-order valence-electron chi connectivity index (χ1n) is 5.05. The first-order chi connectivity index (χ1) is 8.00. The highest BCUT2D eigenvalue weighted by molar-refractivity contribution is 5.94. The number of nitrogens with zero attached hydrogens (tertiary/aromatic N) is 1. The fourth-order valence-electron chi connectivity index (χ4n) is 1.74. The molecule has 0 spiro atoms. The number of carbonyl (C=O) groups is 1. The molecular formula is C12H11FN2O2. The van der Waals surface area contributed by atoms with Crippen LogP contribution in [-0.2, 0) is 0 Å². The van der Waals surface area contributed by atoms with Crippen molar-refractivity contribution < 1.29 is 14.3 Å². The Bertz CT molecular complexity index is 590. The SMILES string of the molecule is Cc1cc(-c2c(C(=O)O)n[nH]c2C)ccc1F. The van der Waals surface area contributed by atoms with Gasteiger partial charge in [-0.3, -0.25) is 5.10 Å². The van der Waals surface area contributed by atoms with E-state index in [1.807, 2.05) is 0 Å². The first-order valence-corrected chi connectivity index (χ1v) is 5.05. The van der Waals surface area contributed by atoms with Crippen molar-refractivity contribution in [2.75, 3.05) is 0 Å². The second-order valence-corrected chi connectivity index (χ2v) is 3.84. The van der Waals surface area contributed by atoms with E-state index >= 15 is 0 Å². The van der Waals surface area contributed by atoms with Crippen molar-refractivity contribution in [1.82, 2.24) is 10.2 Å². The molecule has 0 aliphatic carbocycles. The number of carboxylic acid groups (broad SMARTS) is 1. The number of aromatic amines is 1. The van der Waals surface area contributed by atoms with Gasteiger partial charge < -0.3 is 5.11 Å². The van der Waals surface area contributed by atoms with Crippen LogP contribution in [0, 0.1) is 19.7 Å². The van der Waals surface area contributed by atoms with Crippen molar-refractivity contribution in [3.8, 4) is 11.1 Å². The highest BCUT2D eigenvalue weighted by Gasteiger charge is 2.18. The summed E-state index contributed by atoms with van der Waals surface area (Å²) in [4.78, 5) is 11.0. The smallest absolute Gasteiger partial charge is 0.357 e. The summed E-state index contributed by atoms with van der Waals surface area (Å²) in [5.74, 6) is -1.42. The van der Waals surface area contributed by atoms with Crippen LogP contribution in [0.2, 0.25) is 0 Å². The lowest BCUT2D eigenvalue weighted by molar-refractivity contribution is 0.0691. The van der Waals surface area contributed by atoms with Gasteiger partial charge in [0.1, 0.15) is 5.82 Å². The van der Waals surface area contributed by atoms with E-state index in [0.29, 0.717) is 22.4 Å². The fraction of sp³-hybridized carbons (Fsp3) is 0.167. The molecule has 1 aromatic heterocycles. The molecule has 0 atom stereocenters. The number of aromatic carboxylic acids is 1. The minimum atomic E-state index is -1.11. The van der Waals surface area contributed by atoms with E-state index in [2.05, 4.69) is 10.2 Å². The number of halogens is 1. The van der Waals surface area contributed by atoms with E-state index < -0.39 is 5.97 Å². The van der Waals surface area contributed by atoms with Gasteiger partial charge in [-0.05, 0) is 37.1 Å². The molecule has 17 heavy (non-hydrogen) atoms. The van der Waals surface area contributed by atoms with Crippen LogP contribution < -0.4 is 0 Å². The van der Waals surface area contributed by atoms with Crippen molar-refractivity contribution in [3.63, 3.8) is 0 Å². The Hall–Kier alpha value is -2.17. The molecular weight excluding hydrogens is 223 g/mol. The lowest BCUT2D eigenvalue weighted by Gasteiger charge is -2.03. The van der Waals surface area contributed by atoms with Gasteiger partial charge in [-0.2, -0.15) is 5.10 Å². The predicted molar refractivity (Wildman–Crippen MR) is 60.4 cm³/mol. The van der Waals surface area contributed by atoms with Gasteiger partial charge in [0.05, 0.1) is 0 Å². The zero-order chi connectivity index (χ0) is 12.6. The van der Waals surface area contributed by atoms with Gasteiger partial charge in [-0.1, -0.05) is 6.07 Å². The van der Waals surface area contributed by atoms with Gasteiger partial charge in [0.25, 0.3) is 0 Å². The molecule has 0 aliphatic heterocycles. The number of aromatic nitrogens is 2. The van der Waals surface area contributed by atoms with Gasteiger partial charge >= 0.3 is 5.97 Å². The highest BCUT2D eigenvalue weighted by Crippen LogP contribution is 2.27. The number of nitrogens with one attached hydrogen (secondary N) is 1. The van der Waals surface area contributed by atoms with Gasteiger partial charge in [0, 0.05) is 11.3 Å². The van der Waals surface area contributed by atoms with Crippen molar-refractivity contribution in [2.45, 2.75) is 13.8 Å². The van der Waals surface area contributed by atoms with Crippen LogP contribution in [0.5, 0.6) is 0 Å². The number of rotatable bonds is 2. The summed E-state index contributed by atoms with van der Waals surface area (Å²) in [7, 11) is 0. The zero-order valence-corrected chi connectivity index (χ0v) is 9.41. The summed E-state index contributed by atoms with van der Waals surface area (Å²) in [6, 6.07) is 4.48. The van der Waals surface area contributed by atoms with Crippen molar-refractivity contribution in [2.24, 2.45) is 0 Å². The van der Waals surface area contributed by atoms with Gasteiger partial charge in [-0.25, -0.2) is 9.18 Å². The van der Waals surface area contributed by atoms with Crippen LogP contribution in [0.4, 0.5) is 4.39 Å². The molecule has 0 unspecified atom stereocenters. The Morgan fingerprint density at radius 3 is 2.71 bits per heavy atom. The molecule has 2 rings (SSSR count). The maximum Gasteiger partial charge on any atom is 0.357 e. The number of benzene rings is 1. The molecule has 0 radical (unpaired) electrons. The first kappa shape index (κ1) is 11.3. The summed E-state index contributed by atoms with van der Waals surface area (Å²) >= 11 is 0. The lowest BCUT2D eigenvalue weighted by atomic mass is 10.0. The number of hydrogen-bond donors (Lipinski definition) is 2. The molecule has 0 saturated carbocycles. The minimum absolute atomic E-state index is 0.0477. The van der Waals surface area contributed by atoms with Crippen molar-refractivity contribution in [1.29, 1.82) is 0 Å². The van der Waals surface area contributed by atoms with Crippen LogP contribution in [0.1, 0.15) is 21.7 Å². The fourth-order valence-corrected chi connectivity index (χ4v) is 1.74. The molecule has 5 heteroatoms.